The number of carbonyl (C=O) groups excluding carboxylic acids is 1. The van der Waals surface area contributed by atoms with Crippen molar-refractivity contribution < 1.29 is 22.7 Å². The summed E-state index contributed by atoms with van der Waals surface area (Å²) in [5.41, 5.74) is 1.68. The Kier molecular flexibility index (Phi) is 7.19. The molecule has 1 saturated carbocycles. The van der Waals surface area contributed by atoms with Crippen LogP contribution in [0.4, 0.5) is 19.0 Å². The van der Waals surface area contributed by atoms with Gasteiger partial charge in [-0.15, -0.1) is 6.58 Å². The van der Waals surface area contributed by atoms with Crippen LogP contribution in [-0.2, 0) is 11.3 Å². The lowest BCUT2D eigenvalue weighted by Crippen LogP contribution is -2.23. The van der Waals surface area contributed by atoms with Gasteiger partial charge in [0.1, 0.15) is 11.6 Å². The molecule has 4 rings (SSSR count). The van der Waals surface area contributed by atoms with Crippen molar-refractivity contribution in [2.24, 2.45) is 4.99 Å². The van der Waals surface area contributed by atoms with Gasteiger partial charge in [0.2, 0.25) is 0 Å². The number of unbranched alkanes of at least 4 members (excludes halogenated alkanes) is 1. The fourth-order valence-electron chi connectivity index (χ4n) is 4.35. The molecule has 0 saturated heterocycles. The molecule has 0 radical (unpaired) electrons. The van der Waals surface area contributed by atoms with Gasteiger partial charge >= 0.3 is 5.97 Å². The van der Waals surface area contributed by atoms with Crippen LogP contribution in [-0.4, -0.2) is 39.8 Å². The summed E-state index contributed by atoms with van der Waals surface area (Å²) >= 11 is 0. The van der Waals surface area contributed by atoms with E-state index in [9.17, 15) is 18.0 Å². The second kappa shape index (κ2) is 10.2. The molecule has 0 bridgehead atoms. The summed E-state index contributed by atoms with van der Waals surface area (Å²) in [6.07, 6.45) is 7.94. The molecule has 0 N–H and O–H groups in total. The maximum atomic E-state index is 14.8. The first-order chi connectivity index (χ1) is 17.2. The number of ether oxygens (including phenoxy) is 1. The van der Waals surface area contributed by atoms with Crippen molar-refractivity contribution in [2.45, 2.75) is 57.5 Å². The molecule has 9 heteroatoms. The molecule has 3 aromatic rings. The average Bonchev–Trinajstić information content (AvgIpc) is 3.53. The number of halogens is 3. The molecule has 1 aromatic carbocycles. The number of alkyl halides is 2. The Hall–Kier alpha value is -3.62. The van der Waals surface area contributed by atoms with Crippen LogP contribution in [0.5, 0.6) is 0 Å². The fourth-order valence-corrected chi connectivity index (χ4v) is 4.35. The standard InChI is InChI=1S/C27H29F3N4O2/c1-5-7-8-9-17-13-23(33(24(17)31-3)16-27(29,30)12-6-2)25-32-21-14-19(26(35)36-4)20(28)15-22(21)34(25)18-10-11-18/h6,8-9,13-15,18H,2-3,5,7,10-12,16H2,1,4H3/b9-8-. The average molecular weight is 499 g/mol. The van der Waals surface area contributed by atoms with Crippen molar-refractivity contribution in [3.8, 4) is 11.5 Å². The third kappa shape index (κ3) is 4.87. The number of carbonyl (C=O) groups is 1. The molecule has 2 aromatic heterocycles. The topological polar surface area (TPSA) is 61.4 Å². The Labute approximate surface area is 207 Å². The summed E-state index contributed by atoms with van der Waals surface area (Å²) < 4.78 is 52.5. The van der Waals surface area contributed by atoms with Gasteiger partial charge in [0.15, 0.2) is 5.82 Å². The number of hydrogen-bond acceptors (Lipinski definition) is 4. The highest BCUT2D eigenvalue weighted by Crippen LogP contribution is 2.44. The van der Waals surface area contributed by atoms with Gasteiger partial charge in [-0.25, -0.2) is 27.9 Å². The Morgan fingerprint density at radius 1 is 1.33 bits per heavy atom. The van der Waals surface area contributed by atoms with Crippen molar-refractivity contribution in [2.75, 3.05) is 7.11 Å². The molecule has 36 heavy (non-hydrogen) atoms. The van der Waals surface area contributed by atoms with E-state index in [1.807, 2.05) is 23.6 Å². The van der Waals surface area contributed by atoms with E-state index in [-0.39, 0.29) is 11.6 Å². The summed E-state index contributed by atoms with van der Waals surface area (Å²) in [4.78, 5) is 20.8. The van der Waals surface area contributed by atoms with E-state index in [2.05, 4.69) is 23.0 Å². The lowest BCUT2D eigenvalue weighted by Gasteiger charge is -2.19. The molecular formula is C27H29F3N4O2. The summed E-state index contributed by atoms with van der Waals surface area (Å²) in [7, 11) is 1.17. The Balaban J connectivity index is 1.97. The molecule has 2 heterocycles. The zero-order valence-electron chi connectivity index (χ0n) is 20.4. The number of nitrogens with zero attached hydrogens (tertiary/aromatic N) is 4. The van der Waals surface area contributed by atoms with Gasteiger partial charge in [-0.05, 0) is 38.1 Å². The number of imidazole rings is 1. The van der Waals surface area contributed by atoms with Crippen molar-refractivity contribution in [3.63, 3.8) is 0 Å². The van der Waals surface area contributed by atoms with Crippen molar-refractivity contribution in [3.05, 3.63) is 53.9 Å². The minimum Gasteiger partial charge on any atom is -0.465 e. The molecule has 0 atom stereocenters. The zero-order valence-corrected chi connectivity index (χ0v) is 20.4. The summed E-state index contributed by atoms with van der Waals surface area (Å²) in [6.45, 7) is 8.47. The third-order valence-corrected chi connectivity index (χ3v) is 6.16. The van der Waals surface area contributed by atoms with Crippen molar-refractivity contribution in [1.29, 1.82) is 0 Å². The molecule has 6 nitrogen and oxygen atoms in total. The highest BCUT2D eigenvalue weighted by Gasteiger charge is 2.34. The van der Waals surface area contributed by atoms with E-state index in [0.29, 0.717) is 33.9 Å². The maximum Gasteiger partial charge on any atom is 0.340 e. The van der Waals surface area contributed by atoms with Crippen LogP contribution < -0.4 is 0 Å². The number of aliphatic imine (C=N–C) groups is 1. The number of rotatable bonds is 11. The van der Waals surface area contributed by atoms with Crippen LogP contribution >= 0.6 is 0 Å². The number of esters is 1. The van der Waals surface area contributed by atoms with Gasteiger partial charge < -0.3 is 13.9 Å². The van der Waals surface area contributed by atoms with E-state index in [4.69, 9.17) is 4.98 Å². The second-order valence-electron chi connectivity index (χ2n) is 8.94. The molecule has 0 spiro atoms. The Morgan fingerprint density at radius 3 is 2.69 bits per heavy atom. The van der Waals surface area contributed by atoms with Gasteiger partial charge in [0.05, 0.1) is 35.9 Å². The number of allylic oxidation sites excluding steroid dienone is 2. The second-order valence-corrected chi connectivity index (χ2v) is 8.94. The minimum absolute atomic E-state index is 0.0460. The minimum atomic E-state index is -3.08. The number of methoxy groups -OCH3 is 1. The van der Waals surface area contributed by atoms with Gasteiger partial charge in [-0.3, -0.25) is 0 Å². The molecule has 0 amide bonds. The normalized spacial score (nSPS) is 14.0. The third-order valence-electron chi connectivity index (χ3n) is 6.16. The van der Waals surface area contributed by atoms with Crippen LogP contribution in [0.15, 0.2) is 41.9 Å². The van der Waals surface area contributed by atoms with E-state index in [1.165, 1.54) is 29.9 Å². The first kappa shape index (κ1) is 25.5. The molecular weight excluding hydrogens is 469 g/mol. The SMILES string of the molecule is C=CCC(F)(F)Cn1c(-c2nc3cc(C(=O)OC)c(F)cc3n2C2CC2)cc(/C=C\CCC)c1N=C. The summed E-state index contributed by atoms with van der Waals surface area (Å²) in [5, 5.41) is 0. The number of fused-ring (bicyclic) bond motifs is 1. The first-order valence-corrected chi connectivity index (χ1v) is 11.9. The fraction of sp³-hybridized carbons (Fsp3) is 0.370. The van der Waals surface area contributed by atoms with Crippen LogP contribution in [0.1, 0.15) is 61.0 Å². The van der Waals surface area contributed by atoms with Crippen molar-refractivity contribution >= 4 is 35.6 Å². The highest BCUT2D eigenvalue weighted by atomic mass is 19.3. The van der Waals surface area contributed by atoms with E-state index in [1.54, 1.807) is 6.07 Å². The first-order valence-electron chi connectivity index (χ1n) is 11.9. The quantitative estimate of drug-likeness (QED) is 0.161. The van der Waals surface area contributed by atoms with Gasteiger partial charge in [-0.1, -0.05) is 31.6 Å². The molecule has 1 aliphatic rings. The lowest BCUT2D eigenvalue weighted by atomic mass is 10.2. The largest absolute Gasteiger partial charge is 0.465 e. The predicted molar refractivity (Wildman–Crippen MR) is 136 cm³/mol. The maximum absolute atomic E-state index is 14.8. The van der Waals surface area contributed by atoms with Crippen LogP contribution in [0.3, 0.4) is 0 Å². The van der Waals surface area contributed by atoms with Crippen LogP contribution in [0, 0.1) is 5.82 Å². The van der Waals surface area contributed by atoms with Crippen LogP contribution in [0.25, 0.3) is 28.6 Å². The monoisotopic (exact) mass is 498 g/mol. The molecule has 190 valence electrons. The summed E-state index contributed by atoms with van der Waals surface area (Å²) in [6, 6.07) is 4.40. The Bertz CT molecular complexity index is 1350. The number of benzene rings is 1. The molecule has 0 aliphatic heterocycles. The molecule has 1 fully saturated rings. The Morgan fingerprint density at radius 2 is 2.08 bits per heavy atom. The summed E-state index contributed by atoms with van der Waals surface area (Å²) in [5.74, 6) is -3.92. The van der Waals surface area contributed by atoms with E-state index < -0.39 is 30.7 Å². The highest BCUT2D eigenvalue weighted by molar-refractivity contribution is 5.95. The molecule has 0 unspecified atom stereocenters. The number of hydrogen-bond donors (Lipinski definition) is 0. The van der Waals surface area contributed by atoms with E-state index in [0.717, 1.165) is 25.7 Å². The number of aromatic nitrogens is 3. The molecule has 1 aliphatic carbocycles. The van der Waals surface area contributed by atoms with Crippen LogP contribution in [0.2, 0.25) is 0 Å². The zero-order chi connectivity index (χ0) is 26.0. The van der Waals surface area contributed by atoms with Gasteiger partial charge in [-0.2, -0.15) is 0 Å². The van der Waals surface area contributed by atoms with Crippen molar-refractivity contribution in [1.82, 2.24) is 14.1 Å². The smallest absolute Gasteiger partial charge is 0.340 e. The van der Waals surface area contributed by atoms with Gasteiger partial charge in [0.25, 0.3) is 5.92 Å². The lowest BCUT2D eigenvalue weighted by molar-refractivity contribution is -0.0121. The van der Waals surface area contributed by atoms with E-state index >= 15 is 0 Å². The van der Waals surface area contributed by atoms with Gasteiger partial charge in [0, 0.05) is 24.1 Å². The predicted octanol–water partition coefficient (Wildman–Crippen LogP) is 7.12.